The van der Waals surface area contributed by atoms with Gasteiger partial charge in [-0.25, -0.2) is 4.68 Å². The topological polar surface area (TPSA) is 65.4 Å². The summed E-state index contributed by atoms with van der Waals surface area (Å²) in [5.74, 6) is 1.14. The molecule has 174 valence electrons. The molecule has 0 saturated heterocycles. The van der Waals surface area contributed by atoms with Gasteiger partial charge in [0.25, 0.3) is 5.91 Å². The van der Waals surface area contributed by atoms with Crippen molar-refractivity contribution in [2.45, 2.75) is 25.8 Å². The van der Waals surface area contributed by atoms with Gasteiger partial charge in [0.05, 0.1) is 25.6 Å². The highest BCUT2D eigenvalue weighted by Crippen LogP contribution is 2.33. The number of amides is 1. The van der Waals surface area contributed by atoms with E-state index in [1.165, 1.54) is 5.56 Å². The third-order valence-electron chi connectivity index (χ3n) is 5.71. The Bertz CT molecular complexity index is 1240. The first-order valence-corrected chi connectivity index (χ1v) is 11.3. The lowest BCUT2D eigenvalue weighted by molar-refractivity contribution is 0.0930. The molecule has 0 bridgehead atoms. The van der Waals surface area contributed by atoms with E-state index in [1.807, 2.05) is 73.7 Å². The van der Waals surface area contributed by atoms with Crippen LogP contribution in [0, 0.1) is 0 Å². The third kappa shape index (κ3) is 5.29. The smallest absolute Gasteiger partial charge is 0.270 e. The van der Waals surface area contributed by atoms with Gasteiger partial charge in [-0.3, -0.25) is 4.79 Å². The van der Waals surface area contributed by atoms with Crippen molar-refractivity contribution in [2.75, 3.05) is 14.2 Å². The van der Waals surface area contributed by atoms with E-state index in [0.29, 0.717) is 22.9 Å². The second-order valence-electron chi connectivity index (χ2n) is 8.13. The first kappa shape index (κ1) is 23.1. The van der Waals surface area contributed by atoms with E-state index in [0.717, 1.165) is 24.1 Å². The molecule has 0 saturated carbocycles. The highest BCUT2D eigenvalue weighted by molar-refractivity contribution is 5.94. The van der Waals surface area contributed by atoms with Crippen LogP contribution in [0.2, 0.25) is 0 Å². The van der Waals surface area contributed by atoms with Crippen LogP contribution in [0.5, 0.6) is 11.5 Å². The van der Waals surface area contributed by atoms with E-state index in [4.69, 9.17) is 14.6 Å². The van der Waals surface area contributed by atoms with Crippen LogP contribution < -0.4 is 14.8 Å². The number of benzene rings is 3. The molecule has 1 aromatic heterocycles. The number of para-hydroxylation sites is 1. The summed E-state index contributed by atoms with van der Waals surface area (Å²) in [5.41, 5.74) is 3.95. The second-order valence-corrected chi connectivity index (χ2v) is 8.13. The van der Waals surface area contributed by atoms with Crippen LogP contribution in [0.4, 0.5) is 0 Å². The van der Waals surface area contributed by atoms with Crippen LogP contribution >= 0.6 is 0 Å². The van der Waals surface area contributed by atoms with Gasteiger partial charge in [0.15, 0.2) is 0 Å². The van der Waals surface area contributed by atoms with Crippen molar-refractivity contribution in [2.24, 2.45) is 0 Å². The number of hydrogen-bond donors (Lipinski definition) is 1. The molecule has 34 heavy (non-hydrogen) atoms. The quantitative estimate of drug-likeness (QED) is 0.372. The Morgan fingerprint density at radius 3 is 2.32 bits per heavy atom. The van der Waals surface area contributed by atoms with Crippen LogP contribution in [-0.4, -0.2) is 35.9 Å². The number of ether oxygens (including phenoxy) is 2. The van der Waals surface area contributed by atoms with Crippen LogP contribution in [0.3, 0.4) is 0 Å². The highest BCUT2D eigenvalue weighted by Gasteiger charge is 2.21. The maximum absolute atomic E-state index is 13.3. The molecule has 1 atom stereocenters. The van der Waals surface area contributed by atoms with Crippen molar-refractivity contribution < 1.29 is 14.3 Å². The van der Waals surface area contributed by atoms with Crippen LogP contribution in [0.15, 0.2) is 84.9 Å². The number of carbonyl (C=O) groups is 1. The van der Waals surface area contributed by atoms with Gasteiger partial charge in [-0.1, -0.05) is 48.5 Å². The number of methoxy groups -OCH3 is 2. The normalized spacial score (nSPS) is 11.6. The summed E-state index contributed by atoms with van der Waals surface area (Å²) in [6.07, 6.45) is 1.74. The van der Waals surface area contributed by atoms with Crippen LogP contribution in [0.1, 0.15) is 29.4 Å². The summed E-state index contributed by atoms with van der Waals surface area (Å²) in [6, 6.07) is 27.3. The fraction of sp³-hybridized carbons (Fsp3) is 0.214. The Hall–Kier alpha value is -4.06. The molecular formula is C28H29N3O3. The van der Waals surface area contributed by atoms with Crippen molar-refractivity contribution in [3.05, 3.63) is 96.2 Å². The first-order chi connectivity index (χ1) is 16.6. The molecule has 1 amide bonds. The summed E-state index contributed by atoms with van der Waals surface area (Å²) in [6.45, 7) is 2.03. The molecule has 4 aromatic rings. The summed E-state index contributed by atoms with van der Waals surface area (Å²) in [4.78, 5) is 13.3. The lowest BCUT2D eigenvalue weighted by Gasteiger charge is -2.14. The van der Waals surface area contributed by atoms with Crippen molar-refractivity contribution >= 4 is 5.91 Å². The predicted molar refractivity (Wildman–Crippen MR) is 134 cm³/mol. The zero-order chi connectivity index (χ0) is 23.9. The van der Waals surface area contributed by atoms with Gasteiger partial charge in [0.1, 0.15) is 17.2 Å². The molecule has 1 heterocycles. The molecule has 3 aromatic carbocycles. The van der Waals surface area contributed by atoms with E-state index in [2.05, 4.69) is 17.4 Å². The lowest BCUT2D eigenvalue weighted by Crippen LogP contribution is -2.34. The van der Waals surface area contributed by atoms with E-state index >= 15 is 0 Å². The fourth-order valence-electron chi connectivity index (χ4n) is 3.85. The number of rotatable bonds is 9. The van der Waals surface area contributed by atoms with Gasteiger partial charge in [0, 0.05) is 17.7 Å². The number of nitrogens with zero attached hydrogens (tertiary/aromatic N) is 2. The largest absolute Gasteiger partial charge is 0.497 e. The minimum absolute atomic E-state index is 0.00537. The van der Waals surface area contributed by atoms with Crippen LogP contribution in [0.25, 0.3) is 16.9 Å². The van der Waals surface area contributed by atoms with E-state index < -0.39 is 0 Å². The van der Waals surface area contributed by atoms with Crippen molar-refractivity contribution in [1.29, 1.82) is 0 Å². The lowest BCUT2D eigenvalue weighted by atomic mass is 10.1. The summed E-state index contributed by atoms with van der Waals surface area (Å²) < 4.78 is 12.6. The Morgan fingerprint density at radius 2 is 1.65 bits per heavy atom. The van der Waals surface area contributed by atoms with Gasteiger partial charge in [0.2, 0.25) is 0 Å². The first-order valence-electron chi connectivity index (χ1n) is 11.3. The SMILES string of the molecule is COc1ccc(-c2cc(C(=O)NC(C)CCc3ccccc3)n(-c3ccccc3)n2)c(OC)c1. The van der Waals surface area contributed by atoms with Crippen molar-refractivity contribution in [3.63, 3.8) is 0 Å². The molecule has 0 aliphatic heterocycles. The maximum atomic E-state index is 13.3. The number of aromatic nitrogens is 2. The van der Waals surface area contributed by atoms with Crippen LogP contribution in [-0.2, 0) is 6.42 Å². The molecular weight excluding hydrogens is 426 g/mol. The summed E-state index contributed by atoms with van der Waals surface area (Å²) in [5, 5.41) is 7.91. The minimum atomic E-state index is -0.171. The fourth-order valence-corrected chi connectivity index (χ4v) is 3.85. The monoisotopic (exact) mass is 455 g/mol. The molecule has 6 nitrogen and oxygen atoms in total. The van der Waals surface area contributed by atoms with E-state index in [-0.39, 0.29) is 11.9 Å². The van der Waals surface area contributed by atoms with Gasteiger partial charge < -0.3 is 14.8 Å². The van der Waals surface area contributed by atoms with E-state index in [1.54, 1.807) is 25.0 Å². The standard InChI is InChI=1S/C28H29N3O3/c1-20(14-15-21-10-6-4-7-11-21)29-28(32)26-19-25(30-31(26)22-12-8-5-9-13-22)24-17-16-23(33-2)18-27(24)34-3/h4-13,16-20H,14-15H2,1-3H3,(H,29,32). The molecule has 0 aliphatic rings. The number of nitrogens with one attached hydrogen (secondary N) is 1. The number of hydrogen-bond acceptors (Lipinski definition) is 4. The highest BCUT2D eigenvalue weighted by atomic mass is 16.5. The molecule has 0 fully saturated rings. The molecule has 1 N–H and O–H groups in total. The summed E-state index contributed by atoms with van der Waals surface area (Å²) in [7, 11) is 3.22. The van der Waals surface area contributed by atoms with Crippen molar-refractivity contribution in [3.8, 4) is 28.4 Å². The Kier molecular flexibility index (Phi) is 7.28. The molecule has 0 radical (unpaired) electrons. The van der Waals surface area contributed by atoms with Gasteiger partial charge in [-0.2, -0.15) is 5.10 Å². The Balaban J connectivity index is 1.62. The number of aryl methyl sites for hydroxylation is 1. The molecule has 6 heteroatoms. The Labute approximate surface area is 200 Å². The maximum Gasteiger partial charge on any atom is 0.270 e. The predicted octanol–water partition coefficient (Wildman–Crippen LogP) is 5.31. The summed E-state index contributed by atoms with van der Waals surface area (Å²) >= 11 is 0. The molecule has 4 rings (SSSR count). The van der Waals surface area contributed by atoms with Crippen molar-refractivity contribution in [1.82, 2.24) is 15.1 Å². The van der Waals surface area contributed by atoms with Gasteiger partial charge in [-0.15, -0.1) is 0 Å². The van der Waals surface area contributed by atoms with E-state index in [9.17, 15) is 4.79 Å². The zero-order valence-corrected chi connectivity index (χ0v) is 19.7. The second kappa shape index (κ2) is 10.7. The Morgan fingerprint density at radius 1 is 0.941 bits per heavy atom. The molecule has 1 unspecified atom stereocenters. The number of carbonyl (C=O) groups excluding carboxylic acids is 1. The van der Waals surface area contributed by atoms with Gasteiger partial charge >= 0.3 is 0 Å². The van der Waals surface area contributed by atoms with Gasteiger partial charge in [-0.05, 0) is 55.7 Å². The molecule has 0 aliphatic carbocycles. The third-order valence-corrected chi connectivity index (χ3v) is 5.71. The average molecular weight is 456 g/mol. The average Bonchev–Trinajstić information content (AvgIpc) is 3.34. The molecule has 0 spiro atoms. The minimum Gasteiger partial charge on any atom is -0.497 e. The zero-order valence-electron chi connectivity index (χ0n) is 19.7.